The van der Waals surface area contributed by atoms with Crippen LogP contribution in [0.2, 0.25) is 0 Å². The lowest BCUT2D eigenvalue weighted by molar-refractivity contribution is -0.139. The lowest BCUT2D eigenvalue weighted by atomic mass is 10.1. The fraction of sp³-hybridized carbons (Fsp3) is 0.188. The predicted octanol–water partition coefficient (Wildman–Crippen LogP) is 3.37. The molecular formula is C16H16BrNO3. The Kier molecular flexibility index (Phi) is 5.36. The molecule has 1 unspecified atom stereocenters. The Labute approximate surface area is 131 Å². The van der Waals surface area contributed by atoms with E-state index in [0.29, 0.717) is 17.9 Å². The molecule has 0 radical (unpaired) electrons. The Morgan fingerprint density at radius 3 is 2.62 bits per heavy atom. The maximum absolute atomic E-state index is 11.5. The standard InChI is InChI=1S/C16H16BrNO3/c1-21-12-7-8-14(17)13(9-12)15(16(19)20)18-10-11-5-3-2-4-6-11/h2-9,15,18H,10H2,1H3,(H,19,20). The Morgan fingerprint density at radius 2 is 2.00 bits per heavy atom. The number of carboxylic acids is 1. The van der Waals surface area contributed by atoms with Gasteiger partial charge < -0.3 is 9.84 Å². The molecule has 0 amide bonds. The third kappa shape index (κ3) is 4.06. The SMILES string of the molecule is COc1ccc(Br)c(C(NCc2ccccc2)C(=O)O)c1. The van der Waals surface area contributed by atoms with Gasteiger partial charge in [0.1, 0.15) is 11.8 Å². The van der Waals surface area contributed by atoms with Gasteiger partial charge in [0.25, 0.3) is 0 Å². The van der Waals surface area contributed by atoms with Crippen molar-refractivity contribution in [3.05, 3.63) is 64.1 Å². The Hall–Kier alpha value is -1.85. The number of halogens is 1. The predicted molar refractivity (Wildman–Crippen MR) is 84.4 cm³/mol. The average Bonchev–Trinajstić information content (AvgIpc) is 2.50. The van der Waals surface area contributed by atoms with Crippen LogP contribution in [0.4, 0.5) is 0 Å². The largest absolute Gasteiger partial charge is 0.497 e. The number of methoxy groups -OCH3 is 1. The molecule has 0 fully saturated rings. The summed E-state index contributed by atoms with van der Waals surface area (Å²) in [5.41, 5.74) is 1.67. The maximum atomic E-state index is 11.5. The summed E-state index contributed by atoms with van der Waals surface area (Å²) in [7, 11) is 1.56. The van der Waals surface area contributed by atoms with Gasteiger partial charge in [-0.3, -0.25) is 10.1 Å². The van der Waals surface area contributed by atoms with Crippen LogP contribution in [0, 0.1) is 0 Å². The van der Waals surface area contributed by atoms with Crippen LogP contribution in [0.3, 0.4) is 0 Å². The summed E-state index contributed by atoms with van der Waals surface area (Å²) in [6.07, 6.45) is 0. The van der Waals surface area contributed by atoms with Crippen LogP contribution >= 0.6 is 15.9 Å². The number of benzene rings is 2. The number of carbonyl (C=O) groups is 1. The van der Waals surface area contributed by atoms with Gasteiger partial charge in [0.15, 0.2) is 0 Å². The van der Waals surface area contributed by atoms with Crippen molar-refractivity contribution in [2.75, 3.05) is 7.11 Å². The summed E-state index contributed by atoms with van der Waals surface area (Å²) in [5.74, 6) is -0.305. The maximum Gasteiger partial charge on any atom is 0.325 e. The molecule has 1 atom stereocenters. The summed E-state index contributed by atoms with van der Waals surface area (Å²) < 4.78 is 5.89. The molecule has 0 heterocycles. The van der Waals surface area contributed by atoms with Gasteiger partial charge in [0.05, 0.1) is 7.11 Å². The highest BCUT2D eigenvalue weighted by Crippen LogP contribution is 2.28. The molecule has 0 saturated heterocycles. The number of ether oxygens (including phenoxy) is 1. The molecule has 2 N–H and O–H groups in total. The zero-order valence-electron chi connectivity index (χ0n) is 11.5. The molecule has 110 valence electrons. The summed E-state index contributed by atoms with van der Waals surface area (Å²) >= 11 is 3.40. The third-order valence-electron chi connectivity index (χ3n) is 3.11. The molecule has 21 heavy (non-hydrogen) atoms. The first-order chi connectivity index (χ1) is 10.1. The van der Waals surface area contributed by atoms with Crippen LogP contribution in [-0.4, -0.2) is 18.2 Å². The zero-order valence-corrected chi connectivity index (χ0v) is 13.1. The van der Waals surface area contributed by atoms with Crippen molar-refractivity contribution in [3.8, 4) is 5.75 Å². The van der Waals surface area contributed by atoms with Gasteiger partial charge in [0.2, 0.25) is 0 Å². The van der Waals surface area contributed by atoms with Gasteiger partial charge in [-0.05, 0) is 29.3 Å². The molecule has 0 aliphatic carbocycles. The van der Waals surface area contributed by atoms with E-state index in [9.17, 15) is 9.90 Å². The lowest BCUT2D eigenvalue weighted by Crippen LogP contribution is -2.28. The highest BCUT2D eigenvalue weighted by Gasteiger charge is 2.22. The molecule has 4 nitrogen and oxygen atoms in total. The van der Waals surface area contributed by atoms with Crippen molar-refractivity contribution < 1.29 is 14.6 Å². The molecule has 2 aromatic rings. The topological polar surface area (TPSA) is 58.6 Å². The Balaban J connectivity index is 2.21. The van der Waals surface area contributed by atoms with E-state index in [2.05, 4.69) is 21.2 Å². The highest BCUT2D eigenvalue weighted by molar-refractivity contribution is 9.10. The molecule has 0 aliphatic heterocycles. The minimum Gasteiger partial charge on any atom is -0.497 e. The number of hydrogen-bond donors (Lipinski definition) is 2. The number of rotatable bonds is 6. The number of aliphatic carboxylic acids is 1. The van der Waals surface area contributed by atoms with Crippen molar-refractivity contribution >= 4 is 21.9 Å². The van der Waals surface area contributed by atoms with Crippen LogP contribution in [0.15, 0.2) is 53.0 Å². The van der Waals surface area contributed by atoms with Crippen molar-refractivity contribution in [3.63, 3.8) is 0 Å². The van der Waals surface area contributed by atoms with E-state index in [1.54, 1.807) is 25.3 Å². The monoisotopic (exact) mass is 349 g/mol. The minimum absolute atomic E-state index is 0.474. The van der Waals surface area contributed by atoms with Crippen molar-refractivity contribution in [1.29, 1.82) is 0 Å². The minimum atomic E-state index is -0.931. The first-order valence-corrected chi connectivity index (χ1v) is 7.24. The molecule has 0 bridgehead atoms. The fourth-order valence-corrected chi connectivity index (χ4v) is 2.49. The van der Waals surface area contributed by atoms with Gasteiger partial charge in [-0.1, -0.05) is 46.3 Å². The van der Waals surface area contributed by atoms with Gasteiger partial charge in [0, 0.05) is 11.0 Å². The number of hydrogen-bond acceptors (Lipinski definition) is 3. The first-order valence-electron chi connectivity index (χ1n) is 6.45. The normalized spacial score (nSPS) is 11.9. The second kappa shape index (κ2) is 7.24. The molecule has 0 aliphatic rings. The zero-order chi connectivity index (χ0) is 15.2. The van der Waals surface area contributed by atoms with E-state index in [0.717, 1.165) is 10.0 Å². The van der Waals surface area contributed by atoms with Gasteiger partial charge >= 0.3 is 5.97 Å². The van der Waals surface area contributed by atoms with E-state index in [4.69, 9.17) is 4.74 Å². The van der Waals surface area contributed by atoms with E-state index < -0.39 is 12.0 Å². The average molecular weight is 350 g/mol. The summed E-state index contributed by atoms with van der Waals surface area (Å²) in [6.45, 7) is 0.474. The molecule has 0 saturated carbocycles. The Morgan fingerprint density at radius 1 is 1.29 bits per heavy atom. The summed E-state index contributed by atoms with van der Waals surface area (Å²) in [6, 6.07) is 14.2. The van der Waals surface area contributed by atoms with E-state index >= 15 is 0 Å². The van der Waals surface area contributed by atoms with E-state index in [1.807, 2.05) is 30.3 Å². The number of nitrogens with one attached hydrogen (secondary N) is 1. The molecule has 2 rings (SSSR count). The molecule has 2 aromatic carbocycles. The summed E-state index contributed by atoms with van der Waals surface area (Å²) in [4.78, 5) is 11.5. The number of carboxylic acid groups (broad SMARTS) is 1. The molecule has 5 heteroatoms. The van der Waals surface area contributed by atoms with Crippen LogP contribution in [0.25, 0.3) is 0 Å². The fourth-order valence-electron chi connectivity index (χ4n) is 2.02. The smallest absolute Gasteiger partial charge is 0.325 e. The second-order valence-corrected chi connectivity index (χ2v) is 5.38. The molecular weight excluding hydrogens is 334 g/mol. The Bertz CT molecular complexity index is 616. The third-order valence-corrected chi connectivity index (χ3v) is 3.84. The van der Waals surface area contributed by atoms with E-state index in [-0.39, 0.29) is 0 Å². The van der Waals surface area contributed by atoms with Gasteiger partial charge in [-0.25, -0.2) is 0 Å². The van der Waals surface area contributed by atoms with Crippen LogP contribution in [-0.2, 0) is 11.3 Å². The van der Waals surface area contributed by atoms with Crippen LogP contribution in [0.5, 0.6) is 5.75 Å². The van der Waals surface area contributed by atoms with Gasteiger partial charge in [-0.15, -0.1) is 0 Å². The van der Waals surface area contributed by atoms with Crippen LogP contribution < -0.4 is 10.1 Å². The van der Waals surface area contributed by atoms with Crippen LogP contribution in [0.1, 0.15) is 17.2 Å². The van der Waals surface area contributed by atoms with Gasteiger partial charge in [-0.2, -0.15) is 0 Å². The second-order valence-electron chi connectivity index (χ2n) is 4.53. The molecule has 0 spiro atoms. The quantitative estimate of drug-likeness (QED) is 0.839. The van der Waals surface area contributed by atoms with E-state index in [1.165, 1.54) is 0 Å². The van der Waals surface area contributed by atoms with Crippen molar-refractivity contribution in [2.45, 2.75) is 12.6 Å². The lowest BCUT2D eigenvalue weighted by Gasteiger charge is -2.17. The highest BCUT2D eigenvalue weighted by atomic mass is 79.9. The summed E-state index contributed by atoms with van der Waals surface area (Å²) in [5, 5.41) is 12.5. The van der Waals surface area contributed by atoms with Crippen molar-refractivity contribution in [2.24, 2.45) is 0 Å². The van der Waals surface area contributed by atoms with Crippen molar-refractivity contribution in [1.82, 2.24) is 5.32 Å². The molecule has 0 aromatic heterocycles. The first kappa shape index (κ1) is 15.5.